The Hall–Kier alpha value is -3.03. The Morgan fingerprint density at radius 2 is 1.57 bits per heavy atom. The summed E-state index contributed by atoms with van der Waals surface area (Å²) in [4.78, 5) is 12.5. The summed E-state index contributed by atoms with van der Waals surface area (Å²) in [6, 6.07) is 19.7. The van der Waals surface area contributed by atoms with E-state index in [0.29, 0.717) is 28.6 Å². The molecular weight excluding hydrogens is 424 g/mol. The molecule has 156 valence electrons. The maximum absolute atomic E-state index is 12.8. The van der Waals surface area contributed by atoms with Gasteiger partial charge in [0.15, 0.2) is 0 Å². The highest BCUT2D eigenvalue weighted by Crippen LogP contribution is 2.24. The molecule has 8 heteroatoms. The molecule has 0 spiro atoms. The van der Waals surface area contributed by atoms with Crippen LogP contribution in [0.15, 0.2) is 77.7 Å². The van der Waals surface area contributed by atoms with Crippen LogP contribution in [0.2, 0.25) is 5.02 Å². The van der Waals surface area contributed by atoms with Crippen molar-refractivity contribution in [1.29, 1.82) is 0 Å². The maximum atomic E-state index is 12.8. The Labute approximate surface area is 181 Å². The van der Waals surface area contributed by atoms with Crippen molar-refractivity contribution in [3.8, 4) is 5.75 Å². The number of methoxy groups -OCH3 is 1. The summed E-state index contributed by atoms with van der Waals surface area (Å²) in [7, 11) is -0.749. The second kappa shape index (κ2) is 9.19. The Kier molecular flexibility index (Phi) is 6.64. The zero-order valence-corrected chi connectivity index (χ0v) is 18.1. The third kappa shape index (κ3) is 4.93. The fraction of sp³-hybridized carbons (Fsp3) is 0.136. The zero-order valence-electron chi connectivity index (χ0n) is 16.5. The number of amides is 1. The SMILES string of the molecule is COc1ccc(S(=O)(=O)N(C)c2ccc(C(=O)NCc3ccc(Cl)cc3)cc2)cc1. The summed E-state index contributed by atoms with van der Waals surface area (Å²) < 4.78 is 31.9. The number of halogens is 1. The molecule has 3 aromatic rings. The summed E-state index contributed by atoms with van der Waals surface area (Å²) in [5, 5.41) is 3.46. The third-order valence-electron chi connectivity index (χ3n) is 4.58. The highest BCUT2D eigenvalue weighted by atomic mass is 35.5. The molecule has 0 fully saturated rings. The van der Waals surface area contributed by atoms with Crippen LogP contribution in [0.5, 0.6) is 5.75 Å². The minimum absolute atomic E-state index is 0.149. The van der Waals surface area contributed by atoms with Gasteiger partial charge < -0.3 is 10.1 Å². The van der Waals surface area contributed by atoms with E-state index in [1.165, 1.54) is 30.6 Å². The van der Waals surface area contributed by atoms with E-state index in [2.05, 4.69) is 5.32 Å². The fourth-order valence-corrected chi connectivity index (χ4v) is 4.08. The van der Waals surface area contributed by atoms with Crippen LogP contribution >= 0.6 is 11.6 Å². The number of carbonyl (C=O) groups is 1. The first-order valence-electron chi connectivity index (χ1n) is 9.07. The van der Waals surface area contributed by atoms with Crippen LogP contribution in [0, 0.1) is 0 Å². The number of benzene rings is 3. The number of carbonyl (C=O) groups excluding carboxylic acids is 1. The molecule has 0 aromatic heterocycles. The van der Waals surface area contributed by atoms with Gasteiger partial charge in [-0.3, -0.25) is 9.10 Å². The standard InChI is InChI=1S/C22H21ClN2O4S/c1-25(30(27,28)21-13-11-20(29-2)12-14-21)19-9-5-17(6-10-19)22(26)24-15-16-3-7-18(23)8-4-16/h3-14H,15H2,1-2H3,(H,24,26). The molecule has 0 radical (unpaired) electrons. The van der Waals surface area contributed by atoms with Gasteiger partial charge in [-0.15, -0.1) is 0 Å². The van der Waals surface area contributed by atoms with Gasteiger partial charge in [0.05, 0.1) is 17.7 Å². The molecule has 0 saturated heterocycles. The molecule has 6 nitrogen and oxygen atoms in total. The molecule has 0 aliphatic heterocycles. The van der Waals surface area contributed by atoms with E-state index >= 15 is 0 Å². The summed E-state index contributed by atoms with van der Waals surface area (Å²) >= 11 is 5.86. The van der Waals surface area contributed by atoms with Crippen LogP contribution < -0.4 is 14.4 Å². The molecule has 1 amide bonds. The van der Waals surface area contributed by atoms with Crippen molar-refractivity contribution >= 4 is 33.2 Å². The van der Waals surface area contributed by atoms with Gasteiger partial charge in [0.1, 0.15) is 5.75 Å². The van der Waals surface area contributed by atoms with Crippen LogP contribution in [-0.2, 0) is 16.6 Å². The molecular formula is C22H21ClN2O4S. The normalized spacial score (nSPS) is 11.0. The van der Waals surface area contributed by atoms with E-state index in [9.17, 15) is 13.2 Å². The van der Waals surface area contributed by atoms with E-state index in [1.807, 2.05) is 12.1 Å². The molecule has 0 aliphatic rings. The van der Waals surface area contributed by atoms with Crippen molar-refractivity contribution in [1.82, 2.24) is 5.32 Å². The molecule has 0 heterocycles. The number of nitrogens with one attached hydrogen (secondary N) is 1. The maximum Gasteiger partial charge on any atom is 0.264 e. The van der Waals surface area contributed by atoms with E-state index in [4.69, 9.17) is 16.3 Å². The number of anilines is 1. The van der Waals surface area contributed by atoms with Gasteiger partial charge in [-0.05, 0) is 66.2 Å². The molecule has 0 unspecified atom stereocenters. The van der Waals surface area contributed by atoms with E-state index < -0.39 is 10.0 Å². The molecule has 3 rings (SSSR count). The number of hydrogen-bond donors (Lipinski definition) is 1. The smallest absolute Gasteiger partial charge is 0.264 e. The van der Waals surface area contributed by atoms with E-state index in [0.717, 1.165) is 5.56 Å². The molecule has 0 bridgehead atoms. The van der Waals surface area contributed by atoms with Gasteiger partial charge in [-0.2, -0.15) is 0 Å². The average molecular weight is 445 g/mol. The van der Waals surface area contributed by atoms with Gasteiger partial charge in [0.25, 0.3) is 15.9 Å². The molecule has 1 N–H and O–H groups in total. The molecule has 30 heavy (non-hydrogen) atoms. The van der Waals surface area contributed by atoms with Crippen LogP contribution in [0.1, 0.15) is 15.9 Å². The second-order valence-corrected chi connectivity index (χ2v) is 8.91. The molecule has 0 atom stereocenters. The first-order chi connectivity index (χ1) is 14.3. The van der Waals surface area contributed by atoms with Gasteiger partial charge in [-0.25, -0.2) is 8.42 Å². The van der Waals surface area contributed by atoms with Gasteiger partial charge in [-0.1, -0.05) is 23.7 Å². The van der Waals surface area contributed by atoms with Gasteiger partial charge >= 0.3 is 0 Å². The number of sulfonamides is 1. The summed E-state index contributed by atoms with van der Waals surface area (Å²) in [6.45, 7) is 0.365. The van der Waals surface area contributed by atoms with Crippen LogP contribution in [0.4, 0.5) is 5.69 Å². The fourth-order valence-electron chi connectivity index (χ4n) is 2.75. The minimum Gasteiger partial charge on any atom is -0.497 e. The largest absolute Gasteiger partial charge is 0.497 e. The number of ether oxygens (including phenoxy) is 1. The summed E-state index contributed by atoms with van der Waals surface area (Å²) in [5.74, 6) is 0.322. The Bertz CT molecular complexity index is 1110. The van der Waals surface area contributed by atoms with Crippen molar-refractivity contribution < 1.29 is 17.9 Å². The zero-order chi connectivity index (χ0) is 21.7. The van der Waals surface area contributed by atoms with Crippen LogP contribution in [0.25, 0.3) is 0 Å². The van der Waals surface area contributed by atoms with Crippen molar-refractivity contribution in [2.45, 2.75) is 11.4 Å². The van der Waals surface area contributed by atoms with Crippen molar-refractivity contribution in [2.24, 2.45) is 0 Å². The second-order valence-electron chi connectivity index (χ2n) is 6.50. The minimum atomic E-state index is -3.73. The first-order valence-corrected chi connectivity index (χ1v) is 10.9. The van der Waals surface area contributed by atoms with Crippen LogP contribution in [0.3, 0.4) is 0 Å². The number of nitrogens with zero attached hydrogens (tertiary/aromatic N) is 1. The molecule has 0 aliphatic carbocycles. The predicted molar refractivity (Wildman–Crippen MR) is 118 cm³/mol. The average Bonchev–Trinajstić information content (AvgIpc) is 2.78. The van der Waals surface area contributed by atoms with E-state index in [1.54, 1.807) is 48.5 Å². The summed E-state index contributed by atoms with van der Waals surface area (Å²) in [5.41, 5.74) is 1.80. The van der Waals surface area contributed by atoms with Crippen molar-refractivity contribution in [3.05, 3.63) is 88.9 Å². The van der Waals surface area contributed by atoms with Gasteiger partial charge in [0.2, 0.25) is 0 Å². The Morgan fingerprint density at radius 3 is 2.13 bits per heavy atom. The first kappa shape index (κ1) is 21.7. The lowest BCUT2D eigenvalue weighted by atomic mass is 10.2. The Balaban J connectivity index is 1.68. The lowest BCUT2D eigenvalue weighted by molar-refractivity contribution is 0.0951. The van der Waals surface area contributed by atoms with E-state index in [-0.39, 0.29) is 10.8 Å². The van der Waals surface area contributed by atoms with Crippen molar-refractivity contribution in [3.63, 3.8) is 0 Å². The quantitative estimate of drug-likeness (QED) is 0.595. The Morgan fingerprint density at radius 1 is 0.967 bits per heavy atom. The third-order valence-corrected chi connectivity index (χ3v) is 6.63. The summed E-state index contributed by atoms with van der Waals surface area (Å²) in [6.07, 6.45) is 0. The molecule has 0 saturated carbocycles. The van der Waals surface area contributed by atoms with Gasteiger partial charge in [0, 0.05) is 24.2 Å². The molecule has 3 aromatic carbocycles. The predicted octanol–water partition coefficient (Wildman–Crippen LogP) is 4.10. The lowest BCUT2D eigenvalue weighted by Gasteiger charge is -2.20. The highest BCUT2D eigenvalue weighted by molar-refractivity contribution is 7.92. The highest BCUT2D eigenvalue weighted by Gasteiger charge is 2.21. The number of rotatable bonds is 7. The topological polar surface area (TPSA) is 75.7 Å². The van der Waals surface area contributed by atoms with Crippen molar-refractivity contribution in [2.75, 3.05) is 18.5 Å². The monoisotopic (exact) mass is 444 g/mol. The van der Waals surface area contributed by atoms with Crippen LogP contribution in [-0.4, -0.2) is 28.5 Å². The number of hydrogen-bond acceptors (Lipinski definition) is 4. The lowest BCUT2D eigenvalue weighted by Crippen LogP contribution is -2.27.